The van der Waals surface area contributed by atoms with Crippen LogP contribution < -0.4 is 10.9 Å². The first-order valence-electron chi connectivity index (χ1n) is 10.1. The number of amides is 1. The van der Waals surface area contributed by atoms with Crippen LogP contribution in [-0.2, 0) is 17.6 Å². The number of benzene rings is 1. The molecule has 4 aromatic rings. The van der Waals surface area contributed by atoms with Crippen LogP contribution in [0.1, 0.15) is 41.4 Å². The van der Waals surface area contributed by atoms with Crippen LogP contribution in [0.15, 0.2) is 48.8 Å². The van der Waals surface area contributed by atoms with Crippen molar-refractivity contribution in [2.45, 2.75) is 53.0 Å². The highest BCUT2D eigenvalue weighted by atomic mass is 16.4. The molecule has 1 atom stereocenters. The molecule has 1 aromatic carbocycles. The van der Waals surface area contributed by atoms with Gasteiger partial charge in [0.1, 0.15) is 16.9 Å². The van der Waals surface area contributed by atoms with Gasteiger partial charge in [-0.05, 0) is 69.0 Å². The Balaban J connectivity index is 1.59. The van der Waals surface area contributed by atoms with Crippen molar-refractivity contribution in [3.8, 4) is 0 Å². The van der Waals surface area contributed by atoms with E-state index in [2.05, 4.69) is 5.32 Å². The molecular formula is C24H25NO5. The van der Waals surface area contributed by atoms with Crippen molar-refractivity contribution >= 4 is 27.8 Å². The fourth-order valence-electron chi connectivity index (χ4n) is 4.05. The average Bonchev–Trinajstić information content (AvgIpc) is 3.33. The number of nitrogens with one attached hydrogen (secondary N) is 1. The molecule has 1 N–H and O–H groups in total. The number of aryl methyl sites for hydroxylation is 4. The molecule has 0 fully saturated rings. The lowest BCUT2D eigenvalue weighted by Crippen LogP contribution is -2.35. The Morgan fingerprint density at radius 1 is 1.13 bits per heavy atom. The number of furan rings is 2. The molecule has 0 radical (unpaired) electrons. The first-order chi connectivity index (χ1) is 14.3. The molecule has 6 heteroatoms. The van der Waals surface area contributed by atoms with E-state index in [9.17, 15) is 9.59 Å². The van der Waals surface area contributed by atoms with E-state index in [1.165, 1.54) is 0 Å². The van der Waals surface area contributed by atoms with Crippen LogP contribution in [0.4, 0.5) is 0 Å². The van der Waals surface area contributed by atoms with Gasteiger partial charge in [0.25, 0.3) is 0 Å². The average molecular weight is 407 g/mol. The zero-order chi connectivity index (χ0) is 21.4. The quantitative estimate of drug-likeness (QED) is 0.467. The molecule has 6 nitrogen and oxygen atoms in total. The van der Waals surface area contributed by atoms with Crippen molar-refractivity contribution < 1.29 is 18.0 Å². The number of hydrogen-bond acceptors (Lipinski definition) is 5. The molecule has 0 aliphatic carbocycles. The molecule has 0 bridgehead atoms. The Bertz CT molecular complexity index is 1280. The Hall–Kier alpha value is -3.28. The molecule has 0 aliphatic heterocycles. The molecular weight excluding hydrogens is 382 g/mol. The van der Waals surface area contributed by atoms with Crippen LogP contribution in [0, 0.1) is 20.8 Å². The molecule has 0 unspecified atom stereocenters. The van der Waals surface area contributed by atoms with Crippen molar-refractivity contribution in [2.24, 2.45) is 0 Å². The second-order valence-electron chi connectivity index (χ2n) is 7.95. The monoisotopic (exact) mass is 407 g/mol. The largest absolute Gasteiger partial charge is 0.469 e. The van der Waals surface area contributed by atoms with Gasteiger partial charge in [-0.25, -0.2) is 4.79 Å². The fraction of sp³-hybridized carbons (Fsp3) is 0.333. The summed E-state index contributed by atoms with van der Waals surface area (Å²) in [7, 11) is 0. The Labute approximate surface area is 173 Å². The molecule has 0 aliphatic rings. The molecule has 156 valence electrons. The minimum Gasteiger partial charge on any atom is -0.469 e. The highest BCUT2D eigenvalue weighted by Crippen LogP contribution is 2.34. The van der Waals surface area contributed by atoms with Gasteiger partial charge in [-0.15, -0.1) is 0 Å². The minimum atomic E-state index is -0.486. The van der Waals surface area contributed by atoms with Crippen LogP contribution in [-0.4, -0.2) is 11.9 Å². The highest BCUT2D eigenvalue weighted by Gasteiger charge is 2.20. The topological polar surface area (TPSA) is 85.6 Å². The molecule has 0 saturated carbocycles. The lowest BCUT2D eigenvalue weighted by Gasteiger charge is -2.14. The summed E-state index contributed by atoms with van der Waals surface area (Å²) in [6.45, 7) is 7.73. The van der Waals surface area contributed by atoms with Crippen LogP contribution >= 0.6 is 0 Å². The Morgan fingerprint density at radius 3 is 2.67 bits per heavy atom. The Kier molecular flexibility index (Phi) is 5.24. The lowest BCUT2D eigenvalue weighted by molar-refractivity contribution is -0.121. The van der Waals surface area contributed by atoms with Gasteiger partial charge in [0, 0.05) is 17.8 Å². The number of carbonyl (C=O) groups is 1. The van der Waals surface area contributed by atoms with E-state index in [0.29, 0.717) is 16.7 Å². The summed E-state index contributed by atoms with van der Waals surface area (Å²) in [6, 6.07) is 5.57. The van der Waals surface area contributed by atoms with E-state index in [4.69, 9.17) is 13.3 Å². The maximum atomic E-state index is 12.6. The highest BCUT2D eigenvalue weighted by molar-refractivity contribution is 6.07. The van der Waals surface area contributed by atoms with Gasteiger partial charge in [-0.3, -0.25) is 4.79 Å². The lowest BCUT2D eigenvalue weighted by atomic mass is 9.98. The Morgan fingerprint density at radius 2 is 1.93 bits per heavy atom. The summed E-state index contributed by atoms with van der Waals surface area (Å²) in [6.07, 6.45) is 4.79. The third-order valence-corrected chi connectivity index (χ3v) is 5.62. The molecule has 0 spiro atoms. The molecule has 3 heterocycles. The molecule has 4 rings (SSSR count). The molecule has 1 amide bonds. The van der Waals surface area contributed by atoms with Gasteiger partial charge in [-0.1, -0.05) is 0 Å². The van der Waals surface area contributed by atoms with Crippen LogP contribution in [0.5, 0.6) is 0 Å². The second kappa shape index (κ2) is 7.86. The second-order valence-corrected chi connectivity index (χ2v) is 7.95. The van der Waals surface area contributed by atoms with E-state index in [1.54, 1.807) is 12.5 Å². The number of rotatable bonds is 6. The first kappa shape index (κ1) is 20.0. The SMILES string of the molecule is Cc1coc2c1c(C)cc1oc(=O)c(CC(=O)N[C@@H](C)CCc3ccco3)c(C)c12. The van der Waals surface area contributed by atoms with E-state index < -0.39 is 5.63 Å². The standard InChI is InChI=1S/C24H25NO5/c1-13-10-19-22(23-21(13)14(2)12-29-23)16(4)18(24(27)30-19)11-20(26)25-15(3)7-8-17-6-5-9-28-17/h5-6,9-10,12,15H,7-8,11H2,1-4H3,(H,25,26)/t15-/m0/s1. The zero-order valence-electron chi connectivity index (χ0n) is 17.6. The third-order valence-electron chi connectivity index (χ3n) is 5.62. The van der Waals surface area contributed by atoms with Crippen molar-refractivity contribution in [1.29, 1.82) is 0 Å². The zero-order valence-corrected chi connectivity index (χ0v) is 17.6. The van der Waals surface area contributed by atoms with Crippen molar-refractivity contribution in [3.63, 3.8) is 0 Å². The van der Waals surface area contributed by atoms with Gasteiger partial charge in [-0.2, -0.15) is 0 Å². The summed E-state index contributed by atoms with van der Waals surface area (Å²) < 4.78 is 16.7. The predicted molar refractivity (Wildman–Crippen MR) is 115 cm³/mol. The normalized spacial score (nSPS) is 12.5. The summed E-state index contributed by atoms with van der Waals surface area (Å²) >= 11 is 0. The van der Waals surface area contributed by atoms with Crippen molar-refractivity contribution in [1.82, 2.24) is 5.32 Å². The van der Waals surface area contributed by atoms with Gasteiger partial charge < -0.3 is 18.6 Å². The first-order valence-corrected chi connectivity index (χ1v) is 10.1. The van der Waals surface area contributed by atoms with E-state index in [0.717, 1.165) is 46.1 Å². The van der Waals surface area contributed by atoms with Crippen LogP contribution in [0.25, 0.3) is 21.9 Å². The van der Waals surface area contributed by atoms with E-state index in [-0.39, 0.29) is 18.4 Å². The molecule has 3 aromatic heterocycles. The predicted octanol–water partition coefficient (Wildman–Crippen LogP) is 4.74. The number of carbonyl (C=O) groups excluding carboxylic acids is 1. The van der Waals surface area contributed by atoms with Gasteiger partial charge >= 0.3 is 5.63 Å². The van der Waals surface area contributed by atoms with Gasteiger partial charge in [0.05, 0.1) is 29.9 Å². The fourth-order valence-corrected chi connectivity index (χ4v) is 4.05. The van der Waals surface area contributed by atoms with Gasteiger partial charge in [0.2, 0.25) is 5.91 Å². The summed E-state index contributed by atoms with van der Waals surface area (Å²) in [5.74, 6) is 0.672. The smallest absolute Gasteiger partial charge is 0.340 e. The summed E-state index contributed by atoms with van der Waals surface area (Å²) in [5.41, 5.74) is 3.78. The molecule has 30 heavy (non-hydrogen) atoms. The van der Waals surface area contributed by atoms with E-state index in [1.807, 2.05) is 45.9 Å². The van der Waals surface area contributed by atoms with E-state index >= 15 is 0 Å². The van der Waals surface area contributed by atoms with Crippen LogP contribution in [0.3, 0.4) is 0 Å². The minimum absolute atomic E-state index is 0.0374. The summed E-state index contributed by atoms with van der Waals surface area (Å²) in [4.78, 5) is 25.2. The van der Waals surface area contributed by atoms with Crippen molar-refractivity contribution in [3.05, 3.63) is 69.2 Å². The van der Waals surface area contributed by atoms with Crippen molar-refractivity contribution in [2.75, 3.05) is 0 Å². The summed E-state index contributed by atoms with van der Waals surface area (Å²) in [5, 5.41) is 4.72. The maximum Gasteiger partial charge on any atom is 0.340 e. The number of fused-ring (bicyclic) bond motifs is 3. The third kappa shape index (κ3) is 3.65. The molecule has 0 saturated heterocycles. The van der Waals surface area contributed by atoms with Gasteiger partial charge in [0.15, 0.2) is 0 Å². The maximum absolute atomic E-state index is 12.6. The van der Waals surface area contributed by atoms with Crippen LogP contribution in [0.2, 0.25) is 0 Å². The number of hydrogen-bond donors (Lipinski definition) is 1.